The third-order valence-corrected chi connectivity index (χ3v) is 7.37. The summed E-state index contributed by atoms with van der Waals surface area (Å²) in [6.45, 7) is 6.55. The van der Waals surface area contributed by atoms with E-state index in [2.05, 4.69) is 17.6 Å². The van der Waals surface area contributed by atoms with E-state index in [1.165, 1.54) is 29.2 Å². The standard InChI is InChI=1S/C30H27ClF2N2O2/c1-21-30(37-29(36)35(21)27-14-8-24(31)9-15-27)16-19-34(20-17-30)18-2-3-28(22-4-10-25(32)11-5-22)23-6-12-26(33)13-7-23/h3-15H,1-2,16-20H2. The van der Waals surface area contributed by atoms with Crippen LogP contribution in [0.3, 0.4) is 0 Å². The molecular weight excluding hydrogens is 494 g/mol. The fourth-order valence-electron chi connectivity index (χ4n) is 5.02. The number of hydrogen-bond donors (Lipinski definition) is 0. The summed E-state index contributed by atoms with van der Waals surface area (Å²) in [5, 5.41) is 0.598. The first kappa shape index (κ1) is 25.2. The van der Waals surface area contributed by atoms with Crippen LogP contribution in [-0.4, -0.2) is 36.2 Å². The summed E-state index contributed by atoms with van der Waals surface area (Å²) in [6, 6.07) is 19.7. The number of anilines is 1. The maximum absolute atomic E-state index is 13.5. The summed E-state index contributed by atoms with van der Waals surface area (Å²) in [5.41, 5.74) is 3.35. The smallest absolute Gasteiger partial charge is 0.419 e. The summed E-state index contributed by atoms with van der Waals surface area (Å²) in [6.07, 6.45) is 3.78. The number of carbonyl (C=O) groups is 1. The Morgan fingerprint density at radius 1 is 0.919 bits per heavy atom. The molecule has 2 aliphatic heterocycles. The molecule has 1 amide bonds. The van der Waals surface area contributed by atoms with E-state index in [0.717, 1.165) is 42.8 Å². The molecule has 1 spiro atoms. The zero-order valence-corrected chi connectivity index (χ0v) is 21.1. The minimum Gasteiger partial charge on any atom is -0.436 e. The molecule has 0 bridgehead atoms. The van der Waals surface area contributed by atoms with Crippen LogP contribution in [-0.2, 0) is 4.74 Å². The minimum atomic E-state index is -0.698. The quantitative estimate of drug-likeness (QED) is 0.338. The predicted molar refractivity (Wildman–Crippen MR) is 142 cm³/mol. The number of likely N-dealkylation sites (tertiary alicyclic amines) is 1. The average Bonchev–Trinajstić information content (AvgIpc) is 3.14. The lowest BCUT2D eigenvalue weighted by Crippen LogP contribution is -2.45. The number of piperidine rings is 1. The molecule has 0 unspecified atom stereocenters. The van der Waals surface area contributed by atoms with Crippen molar-refractivity contribution >= 4 is 29.0 Å². The number of benzene rings is 3. The van der Waals surface area contributed by atoms with Crippen molar-refractivity contribution in [1.82, 2.24) is 4.90 Å². The summed E-state index contributed by atoms with van der Waals surface area (Å²) in [5.74, 6) is -0.596. The monoisotopic (exact) mass is 520 g/mol. The van der Waals surface area contributed by atoms with Crippen LogP contribution in [0, 0.1) is 11.6 Å². The van der Waals surface area contributed by atoms with Gasteiger partial charge >= 0.3 is 6.09 Å². The topological polar surface area (TPSA) is 32.8 Å². The molecule has 2 saturated heterocycles. The van der Waals surface area contributed by atoms with E-state index in [-0.39, 0.29) is 11.6 Å². The van der Waals surface area contributed by atoms with Crippen molar-refractivity contribution in [2.45, 2.75) is 24.9 Å². The Hall–Kier alpha value is -3.48. The molecule has 190 valence electrons. The second kappa shape index (κ2) is 10.5. The second-order valence-electron chi connectivity index (χ2n) is 9.38. The van der Waals surface area contributed by atoms with E-state index < -0.39 is 11.7 Å². The molecule has 0 atom stereocenters. The van der Waals surface area contributed by atoms with Crippen LogP contribution < -0.4 is 4.90 Å². The number of ether oxygens (including phenoxy) is 1. The van der Waals surface area contributed by atoms with Crippen LogP contribution in [0.15, 0.2) is 91.1 Å². The summed E-state index contributed by atoms with van der Waals surface area (Å²) >= 11 is 6.00. The Balaban J connectivity index is 1.24. The lowest BCUT2D eigenvalue weighted by molar-refractivity contribution is 0.0155. The first-order valence-corrected chi connectivity index (χ1v) is 12.6. The van der Waals surface area contributed by atoms with Gasteiger partial charge in [0.15, 0.2) is 5.60 Å². The van der Waals surface area contributed by atoms with Gasteiger partial charge in [0.25, 0.3) is 0 Å². The van der Waals surface area contributed by atoms with Crippen LogP contribution in [0.2, 0.25) is 5.02 Å². The molecule has 5 rings (SSSR count). The van der Waals surface area contributed by atoms with E-state index in [9.17, 15) is 13.6 Å². The lowest BCUT2D eigenvalue weighted by atomic mass is 9.88. The highest BCUT2D eigenvalue weighted by atomic mass is 35.5. The molecule has 2 aliphatic rings. The van der Waals surface area contributed by atoms with Gasteiger partial charge in [0.1, 0.15) is 11.6 Å². The highest BCUT2D eigenvalue weighted by Crippen LogP contribution is 2.43. The maximum atomic E-state index is 13.5. The van der Waals surface area contributed by atoms with Crippen molar-refractivity contribution in [3.63, 3.8) is 0 Å². The van der Waals surface area contributed by atoms with Crippen LogP contribution >= 0.6 is 11.6 Å². The van der Waals surface area contributed by atoms with E-state index in [0.29, 0.717) is 29.2 Å². The van der Waals surface area contributed by atoms with Crippen molar-refractivity contribution in [3.8, 4) is 0 Å². The largest absolute Gasteiger partial charge is 0.436 e. The SMILES string of the molecule is C=C1N(c2ccc(Cl)cc2)C(=O)OC12CCN(CCC=C(c1ccc(F)cc1)c1ccc(F)cc1)CC2. The number of rotatable bonds is 6. The van der Waals surface area contributed by atoms with Gasteiger partial charge in [-0.05, 0) is 71.7 Å². The van der Waals surface area contributed by atoms with E-state index in [4.69, 9.17) is 16.3 Å². The molecule has 2 heterocycles. The van der Waals surface area contributed by atoms with Crippen LogP contribution in [0.1, 0.15) is 30.4 Å². The average molecular weight is 521 g/mol. The van der Waals surface area contributed by atoms with E-state index in [1.807, 2.05) is 0 Å². The third-order valence-electron chi connectivity index (χ3n) is 7.11. The molecule has 2 fully saturated rings. The Morgan fingerprint density at radius 3 is 2.00 bits per heavy atom. The van der Waals surface area contributed by atoms with Crippen LogP contribution in [0.4, 0.5) is 19.3 Å². The van der Waals surface area contributed by atoms with Gasteiger partial charge in [-0.1, -0.05) is 48.5 Å². The first-order chi connectivity index (χ1) is 17.8. The van der Waals surface area contributed by atoms with Gasteiger partial charge in [0.2, 0.25) is 0 Å². The summed E-state index contributed by atoms with van der Waals surface area (Å²) in [4.78, 5) is 16.6. The van der Waals surface area contributed by atoms with Gasteiger partial charge in [-0.3, -0.25) is 0 Å². The highest BCUT2D eigenvalue weighted by molar-refractivity contribution is 6.30. The van der Waals surface area contributed by atoms with Gasteiger partial charge < -0.3 is 9.64 Å². The van der Waals surface area contributed by atoms with Crippen molar-refractivity contribution < 1.29 is 18.3 Å². The van der Waals surface area contributed by atoms with E-state index >= 15 is 0 Å². The van der Waals surface area contributed by atoms with Gasteiger partial charge in [0.05, 0.1) is 11.4 Å². The summed E-state index contributed by atoms with van der Waals surface area (Å²) < 4.78 is 32.9. The number of carbonyl (C=O) groups excluding carboxylic acids is 1. The Morgan fingerprint density at radius 2 is 1.46 bits per heavy atom. The highest BCUT2D eigenvalue weighted by Gasteiger charge is 2.50. The fourth-order valence-corrected chi connectivity index (χ4v) is 5.14. The molecule has 0 aliphatic carbocycles. The zero-order valence-electron chi connectivity index (χ0n) is 20.3. The molecule has 0 radical (unpaired) electrons. The molecular formula is C30H27ClF2N2O2. The molecule has 37 heavy (non-hydrogen) atoms. The van der Waals surface area contributed by atoms with Gasteiger partial charge in [-0.25, -0.2) is 18.5 Å². The molecule has 3 aromatic carbocycles. The lowest BCUT2D eigenvalue weighted by Gasteiger charge is -2.38. The summed E-state index contributed by atoms with van der Waals surface area (Å²) in [7, 11) is 0. The van der Waals surface area contributed by atoms with Gasteiger partial charge in [-0.2, -0.15) is 0 Å². The number of halogens is 3. The fraction of sp³-hybridized carbons (Fsp3) is 0.233. The Bertz CT molecular complexity index is 1270. The maximum Gasteiger partial charge on any atom is 0.419 e. The molecule has 0 aromatic heterocycles. The van der Waals surface area contributed by atoms with Crippen molar-refractivity contribution in [2.24, 2.45) is 0 Å². The molecule has 3 aromatic rings. The van der Waals surface area contributed by atoms with Gasteiger partial charge in [-0.15, -0.1) is 0 Å². The second-order valence-corrected chi connectivity index (χ2v) is 9.82. The number of hydrogen-bond acceptors (Lipinski definition) is 3. The molecule has 0 saturated carbocycles. The normalized spacial score (nSPS) is 17.2. The molecule has 0 N–H and O–H groups in total. The minimum absolute atomic E-state index is 0.298. The Labute approximate surface area is 220 Å². The number of nitrogens with zero attached hydrogens (tertiary/aromatic N) is 2. The van der Waals surface area contributed by atoms with Crippen molar-refractivity contribution in [1.29, 1.82) is 0 Å². The van der Waals surface area contributed by atoms with Crippen LogP contribution in [0.25, 0.3) is 5.57 Å². The molecule has 7 heteroatoms. The van der Waals surface area contributed by atoms with Crippen molar-refractivity contribution in [3.05, 3.63) is 119 Å². The predicted octanol–water partition coefficient (Wildman–Crippen LogP) is 7.45. The molecule has 4 nitrogen and oxygen atoms in total. The zero-order chi connectivity index (χ0) is 26.0. The van der Waals surface area contributed by atoms with Gasteiger partial charge in [0, 0.05) is 37.5 Å². The van der Waals surface area contributed by atoms with Crippen molar-refractivity contribution in [2.75, 3.05) is 24.5 Å². The third kappa shape index (κ3) is 5.31. The number of amides is 1. The van der Waals surface area contributed by atoms with Crippen LogP contribution in [0.5, 0.6) is 0 Å². The first-order valence-electron chi connectivity index (χ1n) is 12.3. The Kier molecular flexibility index (Phi) is 7.13. The van der Waals surface area contributed by atoms with E-state index in [1.54, 1.807) is 48.5 Å².